The van der Waals surface area contributed by atoms with Crippen molar-refractivity contribution in [1.29, 1.82) is 0 Å². The van der Waals surface area contributed by atoms with Gasteiger partial charge in [-0.1, -0.05) is 49.2 Å². The number of fused-ring (bicyclic) bond motifs is 2. The van der Waals surface area contributed by atoms with E-state index in [4.69, 9.17) is 19.4 Å². The van der Waals surface area contributed by atoms with Crippen LogP contribution in [0.4, 0.5) is 5.82 Å². The molecule has 3 aromatic carbocycles. The number of piperazine rings is 1. The van der Waals surface area contributed by atoms with E-state index in [-0.39, 0.29) is 0 Å². The Hall–Kier alpha value is -3.42. The van der Waals surface area contributed by atoms with Gasteiger partial charge in [-0.25, -0.2) is 9.97 Å². The van der Waals surface area contributed by atoms with Gasteiger partial charge in [0, 0.05) is 55.8 Å². The van der Waals surface area contributed by atoms with Gasteiger partial charge in [0.25, 0.3) is 0 Å². The van der Waals surface area contributed by atoms with Crippen molar-refractivity contribution in [3.8, 4) is 22.9 Å². The third-order valence-corrected chi connectivity index (χ3v) is 8.04. The van der Waals surface area contributed by atoms with Crippen LogP contribution in [0.15, 0.2) is 54.6 Å². The molecule has 0 atom stereocenters. The Morgan fingerprint density at radius 2 is 1.52 bits per heavy atom. The van der Waals surface area contributed by atoms with Gasteiger partial charge in [0.05, 0.1) is 19.7 Å². The minimum atomic E-state index is 0.661. The molecule has 4 aromatic rings. The monoisotopic (exact) mass is 541 g/mol. The van der Waals surface area contributed by atoms with Crippen LogP contribution < -0.4 is 14.8 Å². The van der Waals surface area contributed by atoms with Gasteiger partial charge in [-0.2, -0.15) is 0 Å². The molecule has 0 saturated carbocycles. The van der Waals surface area contributed by atoms with Crippen LogP contribution in [0.1, 0.15) is 39.5 Å². The molecule has 1 aliphatic heterocycles. The summed E-state index contributed by atoms with van der Waals surface area (Å²) in [5, 5.41) is 6.93. The van der Waals surface area contributed by atoms with E-state index >= 15 is 0 Å². The third-order valence-electron chi connectivity index (χ3n) is 8.04. The average molecular weight is 542 g/mol. The largest absolute Gasteiger partial charge is 0.493 e. The third kappa shape index (κ3) is 6.65. The summed E-state index contributed by atoms with van der Waals surface area (Å²) in [7, 11) is 3.31. The number of benzene rings is 3. The smallest absolute Gasteiger partial charge is 0.162 e. The van der Waals surface area contributed by atoms with Gasteiger partial charge in [-0.15, -0.1) is 0 Å². The number of ether oxygens (including phenoxy) is 2. The molecule has 0 aliphatic carbocycles. The highest BCUT2D eigenvalue weighted by atomic mass is 16.5. The van der Waals surface area contributed by atoms with Crippen LogP contribution >= 0.6 is 0 Å². The highest BCUT2D eigenvalue weighted by Gasteiger charge is 2.18. The molecular weight excluding hydrogens is 498 g/mol. The fourth-order valence-electron chi connectivity index (χ4n) is 5.57. The molecule has 1 aliphatic rings. The zero-order valence-corrected chi connectivity index (χ0v) is 24.4. The summed E-state index contributed by atoms with van der Waals surface area (Å²) in [6.07, 6.45) is 4.83. The summed E-state index contributed by atoms with van der Waals surface area (Å²) >= 11 is 0. The van der Waals surface area contributed by atoms with Gasteiger partial charge in [0.2, 0.25) is 0 Å². The molecule has 0 radical (unpaired) electrons. The zero-order valence-electron chi connectivity index (χ0n) is 24.4. The number of methoxy groups -OCH3 is 2. The molecule has 1 fully saturated rings. The molecule has 0 spiro atoms. The number of aromatic nitrogens is 2. The Bertz CT molecular complexity index is 1420. The fourth-order valence-corrected chi connectivity index (χ4v) is 5.57. The van der Waals surface area contributed by atoms with E-state index in [0.717, 1.165) is 35.2 Å². The predicted octanol–water partition coefficient (Wildman–Crippen LogP) is 6.47. The van der Waals surface area contributed by atoms with E-state index in [1.165, 1.54) is 62.8 Å². The van der Waals surface area contributed by atoms with Crippen molar-refractivity contribution in [3.63, 3.8) is 0 Å². The van der Waals surface area contributed by atoms with Crippen molar-refractivity contribution in [2.75, 3.05) is 58.8 Å². The number of nitrogens with one attached hydrogen (secondary N) is 1. The van der Waals surface area contributed by atoms with Crippen LogP contribution in [0.3, 0.4) is 0 Å². The van der Waals surface area contributed by atoms with Crippen molar-refractivity contribution in [2.24, 2.45) is 0 Å². The van der Waals surface area contributed by atoms with E-state index < -0.39 is 0 Å². The van der Waals surface area contributed by atoms with E-state index in [1.807, 2.05) is 12.1 Å². The second-order valence-electron chi connectivity index (χ2n) is 11.0. The van der Waals surface area contributed by atoms with Gasteiger partial charge >= 0.3 is 0 Å². The number of unbranched alkanes of at least 4 members (excludes halogenated alkanes) is 3. The maximum absolute atomic E-state index is 5.58. The van der Waals surface area contributed by atoms with Crippen LogP contribution in [0.2, 0.25) is 0 Å². The molecule has 7 heteroatoms. The summed E-state index contributed by atoms with van der Waals surface area (Å²) in [5.41, 5.74) is 1.82. The lowest BCUT2D eigenvalue weighted by Crippen LogP contribution is -2.48. The lowest BCUT2D eigenvalue weighted by atomic mass is 10.1. The zero-order chi connectivity index (χ0) is 27.9. The van der Waals surface area contributed by atoms with Crippen LogP contribution in [-0.2, 0) is 0 Å². The van der Waals surface area contributed by atoms with Gasteiger partial charge in [-0.3, -0.25) is 4.90 Å². The number of hydrogen-bond acceptors (Lipinski definition) is 7. The first-order valence-electron chi connectivity index (χ1n) is 14.7. The maximum Gasteiger partial charge on any atom is 0.162 e. The van der Waals surface area contributed by atoms with E-state index in [0.29, 0.717) is 23.4 Å². The maximum atomic E-state index is 5.58. The van der Waals surface area contributed by atoms with Crippen molar-refractivity contribution >= 4 is 27.5 Å². The van der Waals surface area contributed by atoms with Gasteiger partial charge < -0.3 is 19.7 Å². The molecule has 0 unspecified atom stereocenters. The quantitative estimate of drug-likeness (QED) is 0.206. The molecule has 1 N–H and O–H groups in total. The van der Waals surface area contributed by atoms with Crippen molar-refractivity contribution in [2.45, 2.75) is 45.6 Å². The fraction of sp³-hybridized carbons (Fsp3) is 0.455. The first-order valence-corrected chi connectivity index (χ1v) is 14.7. The summed E-state index contributed by atoms with van der Waals surface area (Å²) in [5.74, 6) is 2.87. The minimum absolute atomic E-state index is 0.661. The first-order chi connectivity index (χ1) is 19.6. The summed E-state index contributed by atoms with van der Waals surface area (Å²) in [6.45, 7) is 11.5. The molecule has 5 rings (SSSR count). The van der Waals surface area contributed by atoms with Gasteiger partial charge in [0.15, 0.2) is 17.3 Å². The van der Waals surface area contributed by atoms with E-state index in [9.17, 15) is 0 Å². The van der Waals surface area contributed by atoms with Crippen LogP contribution in [-0.4, -0.2) is 79.3 Å². The summed E-state index contributed by atoms with van der Waals surface area (Å²) < 4.78 is 11.2. The normalized spacial score (nSPS) is 14.7. The molecular formula is C33H43N5O2. The number of hydrogen-bond donors (Lipinski definition) is 1. The molecule has 7 nitrogen and oxygen atoms in total. The number of anilines is 1. The average Bonchev–Trinajstić information content (AvgIpc) is 2.99. The molecule has 0 bridgehead atoms. The molecule has 2 heterocycles. The van der Waals surface area contributed by atoms with Crippen molar-refractivity contribution in [1.82, 2.24) is 19.8 Å². The Labute approximate surface area is 238 Å². The molecule has 0 amide bonds. The minimum Gasteiger partial charge on any atom is -0.493 e. The highest BCUT2D eigenvalue weighted by molar-refractivity contribution is 5.94. The number of rotatable bonds is 12. The van der Waals surface area contributed by atoms with Crippen LogP contribution in [0, 0.1) is 0 Å². The summed E-state index contributed by atoms with van der Waals surface area (Å²) in [6, 6.07) is 19.3. The van der Waals surface area contributed by atoms with Crippen molar-refractivity contribution < 1.29 is 9.47 Å². The predicted molar refractivity (Wildman–Crippen MR) is 166 cm³/mol. The Morgan fingerprint density at radius 3 is 2.27 bits per heavy atom. The Kier molecular flexibility index (Phi) is 9.34. The number of nitrogens with zero attached hydrogens (tertiary/aromatic N) is 4. The van der Waals surface area contributed by atoms with Gasteiger partial charge in [0.1, 0.15) is 5.82 Å². The lowest BCUT2D eigenvalue weighted by Gasteiger charge is -2.36. The van der Waals surface area contributed by atoms with E-state index in [1.54, 1.807) is 14.2 Å². The molecule has 40 heavy (non-hydrogen) atoms. The SMILES string of the molecule is COc1cc2nc(-c3ccc4ccccc4c3)nc(NCCCCCCN3CCN(C(C)C)CC3)c2cc1OC. The first kappa shape index (κ1) is 28.1. The van der Waals surface area contributed by atoms with E-state index in [2.05, 4.69) is 71.4 Å². The lowest BCUT2D eigenvalue weighted by molar-refractivity contribution is 0.107. The summed E-state index contributed by atoms with van der Waals surface area (Å²) in [4.78, 5) is 15.1. The van der Waals surface area contributed by atoms with Gasteiger partial charge in [-0.05, 0) is 56.1 Å². The Morgan fingerprint density at radius 1 is 0.800 bits per heavy atom. The topological polar surface area (TPSA) is 62.8 Å². The second kappa shape index (κ2) is 13.3. The molecule has 1 saturated heterocycles. The van der Waals surface area contributed by atoms with Crippen LogP contribution in [0.25, 0.3) is 33.1 Å². The second-order valence-corrected chi connectivity index (χ2v) is 11.0. The molecule has 1 aromatic heterocycles. The molecule has 212 valence electrons. The van der Waals surface area contributed by atoms with Crippen molar-refractivity contribution in [3.05, 3.63) is 54.6 Å². The standard InChI is InChI=1S/C33H43N5O2/c1-24(2)38-19-17-37(18-20-38)16-10-6-5-9-15-34-33-28-22-30(39-3)31(40-4)23-29(28)35-32(36-33)27-14-13-25-11-7-8-12-26(25)21-27/h7-8,11-14,21-24H,5-6,9-10,15-20H2,1-4H3,(H,34,35,36). The Balaban J connectivity index is 1.24. The highest BCUT2D eigenvalue weighted by Crippen LogP contribution is 2.35. The van der Waals surface area contributed by atoms with Crippen LogP contribution in [0.5, 0.6) is 11.5 Å².